The lowest BCUT2D eigenvalue weighted by molar-refractivity contribution is 0.0691. The third-order valence-electron chi connectivity index (χ3n) is 7.89. The number of aromatic nitrogens is 5. The molecule has 0 bridgehead atoms. The van der Waals surface area contributed by atoms with E-state index in [4.69, 9.17) is 10.1 Å². The minimum atomic E-state index is -1.10. The minimum absolute atomic E-state index is 0.0459. The van der Waals surface area contributed by atoms with Gasteiger partial charge in [0.25, 0.3) is 0 Å². The Balaban J connectivity index is 1.46. The van der Waals surface area contributed by atoms with Crippen LogP contribution in [0.25, 0.3) is 27.8 Å². The maximum absolute atomic E-state index is 12.2. The fourth-order valence-corrected chi connectivity index (χ4v) is 5.69. The number of carboxylic acid groups (broad SMARTS) is 1. The van der Waals surface area contributed by atoms with Crippen LogP contribution in [0.2, 0.25) is 0 Å². The van der Waals surface area contributed by atoms with E-state index in [1.54, 1.807) is 23.1 Å². The van der Waals surface area contributed by atoms with Gasteiger partial charge >= 0.3 is 5.97 Å². The van der Waals surface area contributed by atoms with Crippen LogP contribution < -0.4 is 9.80 Å². The highest BCUT2D eigenvalue weighted by Crippen LogP contribution is 2.36. The van der Waals surface area contributed by atoms with E-state index in [1.807, 2.05) is 24.3 Å². The second-order valence-electron chi connectivity index (χ2n) is 10.9. The SMILES string of the molecule is CC(C)c1nn(-c2ccnc(N3CCCC3)c2)c2nc(C(=O)O)cc(-c3ccc(N4CCC(C#N)CC4)nc3)c12. The maximum atomic E-state index is 12.2. The second kappa shape index (κ2) is 10.6. The maximum Gasteiger partial charge on any atom is 0.354 e. The standard InChI is InChI=1S/C30H32N8O2/c1-19(2)28-27-23(21-5-6-25(33-18-21)37-13-8-20(17-31)9-14-37)16-24(30(39)40)34-29(27)38(35-28)22-7-10-32-26(15-22)36-11-3-4-12-36/h5-7,10,15-16,18-20H,3-4,8-9,11-14H2,1-2H3,(H,39,40). The zero-order valence-corrected chi connectivity index (χ0v) is 22.8. The number of piperidine rings is 1. The number of anilines is 2. The monoisotopic (exact) mass is 536 g/mol. The summed E-state index contributed by atoms with van der Waals surface area (Å²) in [6.45, 7) is 7.69. The van der Waals surface area contributed by atoms with Crippen LogP contribution in [0.15, 0.2) is 42.7 Å². The van der Waals surface area contributed by atoms with E-state index < -0.39 is 5.97 Å². The van der Waals surface area contributed by atoms with E-state index in [2.05, 4.69) is 39.7 Å². The van der Waals surface area contributed by atoms with E-state index in [0.29, 0.717) is 5.65 Å². The lowest BCUT2D eigenvalue weighted by Gasteiger charge is -2.30. The van der Waals surface area contributed by atoms with Crippen molar-refractivity contribution in [2.45, 2.75) is 45.4 Å². The molecule has 4 aromatic heterocycles. The van der Waals surface area contributed by atoms with Crippen LogP contribution in [0.4, 0.5) is 11.6 Å². The van der Waals surface area contributed by atoms with Gasteiger partial charge in [-0.05, 0) is 61.4 Å². The predicted molar refractivity (Wildman–Crippen MR) is 153 cm³/mol. The van der Waals surface area contributed by atoms with Crippen LogP contribution in [-0.2, 0) is 0 Å². The molecule has 0 aliphatic carbocycles. The molecule has 204 valence electrons. The number of carbonyl (C=O) groups is 1. The van der Waals surface area contributed by atoms with Crippen LogP contribution in [0, 0.1) is 17.2 Å². The molecule has 2 saturated heterocycles. The molecule has 6 heterocycles. The highest BCUT2D eigenvalue weighted by Gasteiger charge is 2.25. The lowest BCUT2D eigenvalue weighted by atomic mass is 9.97. The zero-order chi connectivity index (χ0) is 27.8. The smallest absolute Gasteiger partial charge is 0.354 e. The van der Waals surface area contributed by atoms with Crippen molar-refractivity contribution in [2.24, 2.45) is 5.92 Å². The summed E-state index contributed by atoms with van der Waals surface area (Å²) in [5.41, 5.74) is 3.64. The molecule has 0 spiro atoms. The van der Waals surface area contributed by atoms with Crippen LogP contribution in [-0.4, -0.2) is 62.0 Å². The summed E-state index contributed by atoms with van der Waals surface area (Å²) in [5, 5.41) is 25.0. The Morgan fingerprint density at radius 1 is 1.02 bits per heavy atom. The number of pyridine rings is 3. The molecule has 6 rings (SSSR count). The minimum Gasteiger partial charge on any atom is -0.477 e. The van der Waals surface area contributed by atoms with Gasteiger partial charge in [0, 0.05) is 56.1 Å². The second-order valence-corrected chi connectivity index (χ2v) is 10.9. The van der Waals surface area contributed by atoms with Crippen LogP contribution in [0.3, 0.4) is 0 Å². The number of nitrogens with zero attached hydrogens (tertiary/aromatic N) is 8. The topological polar surface area (TPSA) is 124 Å². The largest absolute Gasteiger partial charge is 0.477 e. The van der Waals surface area contributed by atoms with Crippen LogP contribution >= 0.6 is 0 Å². The fraction of sp³-hybridized carbons (Fsp3) is 0.400. The average molecular weight is 537 g/mol. The van der Waals surface area contributed by atoms with E-state index in [-0.39, 0.29) is 17.5 Å². The quantitative estimate of drug-likeness (QED) is 0.361. The zero-order valence-electron chi connectivity index (χ0n) is 22.8. The molecule has 2 aliphatic heterocycles. The van der Waals surface area contributed by atoms with Crippen molar-refractivity contribution in [1.82, 2.24) is 24.7 Å². The molecule has 0 saturated carbocycles. The number of hydrogen-bond donors (Lipinski definition) is 1. The summed E-state index contributed by atoms with van der Waals surface area (Å²) in [6, 6.07) is 11.8. The molecule has 0 unspecified atom stereocenters. The van der Waals surface area contributed by atoms with Crippen molar-refractivity contribution in [1.29, 1.82) is 5.26 Å². The van der Waals surface area contributed by atoms with E-state index >= 15 is 0 Å². The number of hydrogen-bond acceptors (Lipinski definition) is 8. The first-order valence-electron chi connectivity index (χ1n) is 13.9. The van der Waals surface area contributed by atoms with Crippen molar-refractivity contribution >= 4 is 28.6 Å². The van der Waals surface area contributed by atoms with Gasteiger partial charge in [-0.3, -0.25) is 0 Å². The molecule has 0 amide bonds. The Bertz CT molecular complexity index is 1590. The summed E-state index contributed by atoms with van der Waals surface area (Å²) >= 11 is 0. The summed E-state index contributed by atoms with van der Waals surface area (Å²) < 4.78 is 1.75. The van der Waals surface area contributed by atoms with Gasteiger partial charge in [0.2, 0.25) is 0 Å². The summed E-state index contributed by atoms with van der Waals surface area (Å²) in [4.78, 5) is 30.6. The van der Waals surface area contributed by atoms with Crippen LogP contribution in [0.5, 0.6) is 0 Å². The third kappa shape index (κ3) is 4.72. The molecule has 40 heavy (non-hydrogen) atoms. The van der Waals surface area contributed by atoms with Gasteiger partial charge in [0.05, 0.1) is 22.8 Å². The Morgan fingerprint density at radius 2 is 1.77 bits per heavy atom. The van der Waals surface area contributed by atoms with Crippen molar-refractivity contribution in [2.75, 3.05) is 36.0 Å². The van der Waals surface area contributed by atoms with Gasteiger partial charge in [0.15, 0.2) is 11.3 Å². The molecule has 2 fully saturated rings. The van der Waals surface area contributed by atoms with Gasteiger partial charge in [-0.2, -0.15) is 10.4 Å². The predicted octanol–water partition coefficient (Wildman–Crippen LogP) is 5.04. The summed E-state index contributed by atoms with van der Waals surface area (Å²) in [7, 11) is 0. The number of aromatic carboxylic acids is 1. The number of fused-ring (bicyclic) bond motifs is 1. The van der Waals surface area contributed by atoms with Crippen LogP contribution in [0.1, 0.15) is 61.6 Å². The molecule has 0 aromatic carbocycles. The number of nitriles is 1. The van der Waals surface area contributed by atoms with Gasteiger partial charge in [-0.1, -0.05) is 13.8 Å². The van der Waals surface area contributed by atoms with Gasteiger partial charge < -0.3 is 14.9 Å². The highest BCUT2D eigenvalue weighted by atomic mass is 16.4. The molecular weight excluding hydrogens is 504 g/mol. The molecule has 0 atom stereocenters. The molecule has 4 aromatic rings. The van der Waals surface area contributed by atoms with Crippen molar-refractivity contribution in [3.8, 4) is 22.9 Å². The molecule has 2 aliphatic rings. The van der Waals surface area contributed by atoms with Crippen molar-refractivity contribution in [3.63, 3.8) is 0 Å². The van der Waals surface area contributed by atoms with Crippen molar-refractivity contribution in [3.05, 3.63) is 54.1 Å². The Labute approximate surface area is 232 Å². The fourth-order valence-electron chi connectivity index (χ4n) is 5.69. The molecule has 10 heteroatoms. The van der Waals surface area contributed by atoms with Gasteiger partial charge in [0.1, 0.15) is 11.6 Å². The molecule has 0 radical (unpaired) electrons. The first-order chi connectivity index (χ1) is 19.4. The molecular formula is C30H32N8O2. The molecule has 10 nitrogen and oxygen atoms in total. The summed E-state index contributed by atoms with van der Waals surface area (Å²) in [6.07, 6.45) is 7.52. The van der Waals surface area contributed by atoms with E-state index in [0.717, 1.165) is 91.4 Å². The molecule has 1 N–H and O–H groups in total. The van der Waals surface area contributed by atoms with E-state index in [9.17, 15) is 15.2 Å². The first-order valence-corrected chi connectivity index (χ1v) is 13.9. The summed E-state index contributed by atoms with van der Waals surface area (Å²) in [5.74, 6) is 0.827. The Morgan fingerprint density at radius 3 is 2.42 bits per heavy atom. The third-order valence-corrected chi connectivity index (χ3v) is 7.89. The Hall–Kier alpha value is -4.52. The van der Waals surface area contributed by atoms with Gasteiger partial charge in [-0.15, -0.1) is 0 Å². The highest BCUT2D eigenvalue weighted by molar-refractivity contribution is 6.00. The van der Waals surface area contributed by atoms with Gasteiger partial charge in [-0.25, -0.2) is 24.4 Å². The number of carboxylic acids is 1. The van der Waals surface area contributed by atoms with Crippen molar-refractivity contribution < 1.29 is 9.90 Å². The normalized spacial score (nSPS) is 16.1. The van der Waals surface area contributed by atoms with E-state index in [1.165, 1.54) is 0 Å². The number of rotatable bonds is 6. The first kappa shape index (κ1) is 25.7. The average Bonchev–Trinajstić information content (AvgIpc) is 3.66. The lowest BCUT2D eigenvalue weighted by Crippen LogP contribution is -2.33. The Kier molecular flexibility index (Phi) is 6.80.